The minimum atomic E-state index is -0.139. The third kappa shape index (κ3) is 7.16. The van der Waals surface area contributed by atoms with Crippen LogP contribution in [0.25, 0.3) is 11.2 Å². The van der Waals surface area contributed by atoms with Gasteiger partial charge in [-0.2, -0.15) is 9.97 Å². The molecule has 202 valence electrons. The van der Waals surface area contributed by atoms with Crippen molar-refractivity contribution in [2.75, 3.05) is 23.7 Å². The van der Waals surface area contributed by atoms with Crippen LogP contribution in [0.4, 0.5) is 11.8 Å². The monoisotopic (exact) mass is 568 g/mol. The molecule has 37 heavy (non-hydrogen) atoms. The number of rotatable bonds is 8. The van der Waals surface area contributed by atoms with E-state index in [2.05, 4.69) is 25.5 Å². The van der Waals surface area contributed by atoms with Crippen LogP contribution < -0.4 is 21.7 Å². The fourth-order valence-electron chi connectivity index (χ4n) is 5.06. The van der Waals surface area contributed by atoms with Gasteiger partial charge in [-0.05, 0) is 62.8 Å². The van der Waals surface area contributed by atoms with Gasteiger partial charge in [-0.1, -0.05) is 24.4 Å². The molecule has 0 spiro atoms. The number of nitrogens with one attached hydrogen (secondary N) is 3. The zero-order chi connectivity index (χ0) is 24.2. The first-order chi connectivity index (χ1) is 17.1. The van der Waals surface area contributed by atoms with Crippen LogP contribution in [-0.4, -0.2) is 50.6 Å². The highest BCUT2D eigenvalue weighted by atomic mass is 35.5. The number of anilines is 2. The number of fused-ring (bicyclic) bond motifs is 1. The van der Waals surface area contributed by atoms with Crippen LogP contribution >= 0.6 is 36.4 Å². The molecule has 0 radical (unpaired) electrons. The number of amides is 1. The van der Waals surface area contributed by atoms with Gasteiger partial charge < -0.3 is 26.3 Å². The summed E-state index contributed by atoms with van der Waals surface area (Å²) in [5.41, 5.74) is 8.28. The van der Waals surface area contributed by atoms with E-state index in [0.29, 0.717) is 53.6 Å². The van der Waals surface area contributed by atoms with Gasteiger partial charge in [0.1, 0.15) is 0 Å². The second-order valence-corrected chi connectivity index (χ2v) is 10.0. The molecule has 2 aromatic heterocycles. The van der Waals surface area contributed by atoms with Crippen molar-refractivity contribution in [1.29, 1.82) is 0 Å². The molecule has 0 unspecified atom stereocenters. The molecule has 1 amide bonds. The molecule has 2 aliphatic rings. The number of hydrogen-bond acceptors (Lipinski definition) is 7. The summed E-state index contributed by atoms with van der Waals surface area (Å²) in [6.07, 6.45) is 10.7. The summed E-state index contributed by atoms with van der Waals surface area (Å²) in [7, 11) is 0. The Morgan fingerprint density at radius 1 is 1.00 bits per heavy atom. The summed E-state index contributed by atoms with van der Waals surface area (Å²) in [6.45, 7) is 0.957. The lowest BCUT2D eigenvalue weighted by atomic mass is 9.92. The van der Waals surface area contributed by atoms with Crippen molar-refractivity contribution < 1.29 is 4.79 Å². The molecular weight excluding hydrogens is 535 g/mol. The predicted molar refractivity (Wildman–Crippen MR) is 153 cm³/mol. The third-order valence-corrected chi connectivity index (χ3v) is 7.31. The number of imidazole rings is 1. The fourth-order valence-corrected chi connectivity index (χ4v) is 5.19. The van der Waals surface area contributed by atoms with E-state index >= 15 is 0 Å². The van der Waals surface area contributed by atoms with Gasteiger partial charge in [0.2, 0.25) is 5.95 Å². The number of hydrogen-bond donors (Lipinski definition) is 4. The lowest BCUT2D eigenvalue weighted by Crippen LogP contribution is -2.33. The average Bonchev–Trinajstić information content (AvgIpc) is 3.53. The SMILES string of the molecule is Cl.Cl.N[C@H]1CC[C@H](Nc2nc(NCCNC(=O)c3ccc(Cl)cc3)c3ncn(C4CCCC4)c3n2)CC1. The van der Waals surface area contributed by atoms with Gasteiger partial charge in [0.15, 0.2) is 17.0 Å². The van der Waals surface area contributed by atoms with Crippen LogP contribution in [0.5, 0.6) is 0 Å². The molecule has 0 bridgehead atoms. The van der Waals surface area contributed by atoms with Gasteiger partial charge >= 0.3 is 0 Å². The van der Waals surface area contributed by atoms with E-state index in [1.54, 1.807) is 24.3 Å². The topological polar surface area (TPSA) is 123 Å². The van der Waals surface area contributed by atoms with E-state index in [1.807, 2.05) is 6.33 Å². The molecule has 5 rings (SSSR count). The lowest BCUT2D eigenvalue weighted by Gasteiger charge is -2.27. The van der Waals surface area contributed by atoms with E-state index in [-0.39, 0.29) is 30.7 Å². The highest BCUT2D eigenvalue weighted by molar-refractivity contribution is 6.30. The van der Waals surface area contributed by atoms with Crippen molar-refractivity contribution in [3.63, 3.8) is 0 Å². The van der Waals surface area contributed by atoms with E-state index in [0.717, 1.165) is 49.7 Å². The molecule has 12 heteroatoms. The number of carbonyl (C=O) groups excluding carboxylic acids is 1. The Bertz CT molecular complexity index is 1160. The molecule has 2 heterocycles. The quantitative estimate of drug-likeness (QED) is 0.283. The molecule has 2 fully saturated rings. The smallest absolute Gasteiger partial charge is 0.251 e. The summed E-state index contributed by atoms with van der Waals surface area (Å²) < 4.78 is 2.21. The van der Waals surface area contributed by atoms with E-state index in [1.165, 1.54) is 12.8 Å². The van der Waals surface area contributed by atoms with Crippen LogP contribution in [0.2, 0.25) is 5.02 Å². The van der Waals surface area contributed by atoms with Crippen molar-refractivity contribution in [2.24, 2.45) is 5.73 Å². The minimum Gasteiger partial charge on any atom is -0.366 e. The maximum Gasteiger partial charge on any atom is 0.251 e. The second-order valence-electron chi connectivity index (χ2n) is 9.60. The van der Waals surface area contributed by atoms with Gasteiger partial charge in [-0.25, -0.2) is 4.98 Å². The van der Waals surface area contributed by atoms with E-state index in [4.69, 9.17) is 27.3 Å². The molecule has 0 saturated heterocycles. The Hall–Kier alpha value is -2.33. The first-order valence-corrected chi connectivity index (χ1v) is 13.0. The fraction of sp³-hybridized carbons (Fsp3) is 0.520. The average molecular weight is 570 g/mol. The predicted octanol–water partition coefficient (Wildman–Crippen LogP) is 4.96. The van der Waals surface area contributed by atoms with Gasteiger partial charge in [-0.15, -0.1) is 24.8 Å². The van der Waals surface area contributed by atoms with Crippen LogP contribution in [0.15, 0.2) is 30.6 Å². The van der Waals surface area contributed by atoms with Gasteiger partial charge in [0.25, 0.3) is 5.91 Å². The Labute approximate surface area is 234 Å². The Morgan fingerprint density at radius 2 is 1.70 bits per heavy atom. The molecule has 0 atom stereocenters. The summed E-state index contributed by atoms with van der Waals surface area (Å²) >= 11 is 5.91. The molecular formula is C25H35Cl3N8O. The minimum absolute atomic E-state index is 0. The van der Waals surface area contributed by atoms with Crippen molar-refractivity contribution in [3.05, 3.63) is 41.2 Å². The number of nitrogens with two attached hydrogens (primary N) is 1. The summed E-state index contributed by atoms with van der Waals surface area (Å²) in [5, 5.41) is 10.4. The summed E-state index contributed by atoms with van der Waals surface area (Å²) in [4.78, 5) is 26.7. The number of aromatic nitrogens is 4. The molecule has 5 N–H and O–H groups in total. The number of halogens is 3. The van der Waals surface area contributed by atoms with Gasteiger partial charge in [-0.3, -0.25) is 4.79 Å². The van der Waals surface area contributed by atoms with Crippen LogP contribution in [-0.2, 0) is 0 Å². The third-order valence-electron chi connectivity index (χ3n) is 7.05. The second kappa shape index (κ2) is 13.5. The Balaban J connectivity index is 0.00000190. The maximum absolute atomic E-state index is 12.4. The molecule has 0 aliphatic heterocycles. The van der Waals surface area contributed by atoms with Gasteiger partial charge in [0, 0.05) is 41.8 Å². The van der Waals surface area contributed by atoms with Crippen molar-refractivity contribution in [1.82, 2.24) is 24.8 Å². The summed E-state index contributed by atoms with van der Waals surface area (Å²) in [5.74, 6) is 1.16. The van der Waals surface area contributed by atoms with Crippen LogP contribution in [0.1, 0.15) is 67.8 Å². The lowest BCUT2D eigenvalue weighted by molar-refractivity contribution is 0.0955. The Morgan fingerprint density at radius 3 is 2.41 bits per heavy atom. The van der Waals surface area contributed by atoms with Crippen molar-refractivity contribution in [3.8, 4) is 0 Å². The number of benzene rings is 1. The first-order valence-electron chi connectivity index (χ1n) is 12.6. The first kappa shape index (κ1) is 29.2. The van der Waals surface area contributed by atoms with Crippen molar-refractivity contribution >= 4 is 65.3 Å². The van der Waals surface area contributed by atoms with E-state index < -0.39 is 0 Å². The molecule has 3 aromatic rings. The van der Waals surface area contributed by atoms with Crippen molar-refractivity contribution in [2.45, 2.75) is 69.5 Å². The highest BCUT2D eigenvalue weighted by Crippen LogP contribution is 2.33. The molecule has 2 aliphatic carbocycles. The van der Waals surface area contributed by atoms with Gasteiger partial charge in [0.05, 0.1) is 6.33 Å². The molecule has 1 aromatic carbocycles. The number of nitrogens with zero attached hydrogens (tertiary/aromatic N) is 4. The Kier molecular flexibility index (Phi) is 10.6. The zero-order valence-electron chi connectivity index (χ0n) is 20.7. The largest absolute Gasteiger partial charge is 0.366 e. The normalized spacial score (nSPS) is 19.6. The zero-order valence-corrected chi connectivity index (χ0v) is 23.0. The number of carbonyl (C=O) groups is 1. The van der Waals surface area contributed by atoms with E-state index in [9.17, 15) is 4.79 Å². The van der Waals surface area contributed by atoms with Crippen LogP contribution in [0, 0.1) is 0 Å². The highest BCUT2D eigenvalue weighted by Gasteiger charge is 2.23. The summed E-state index contributed by atoms with van der Waals surface area (Å²) in [6, 6.07) is 7.89. The molecule has 9 nitrogen and oxygen atoms in total. The standard InChI is InChI=1S/C25H33ClN8O.2ClH/c26-17-7-5-16(6-8-17)24(35)29-14-13-28-22-21-23(34(15-30-21)20-3-1-2-4-20)33-25(32-22)31-19-11-9-18(27)10-12-19;;/h5-8,15,18-20H,1-4,9-14,27H2,(H,29,35)(H2,28,31,32,33);2*1H/t18-,19-;;. The molecule has 2 saturated carbocycles. The van der Waals surface area contributed by atoms with Crippen LogP contribution in [0.3, 0.4) is 0 Å². The maximum atomic E-state index is 12.4.